The summed E-state index contributed by atoms with van der Waals surface area (Å²) in [6.45, 7) is 4.44. The number of H-pyrrole nitrogens is 1. The Bertz CT molecular complexity index is 1070. The molecule has 1 N–H and O–H groups in total. The maximum absolute atomic E-state index is 12.5. The van der Waals surface area contributed by atoms with Crippen molar-refractivity contribution in [1.29, 1.82) is 0 Å². The van der Waals surface area contributed by atoms with E-state index in [-0.39, 0.29) is 17.0 Å². The van der Waals surface area contributed by atoms with E-state index in [0.717, 1.165) is 0 Å². The van der Waals surface area contributed by atoms with Gasteiger partial charge in [-0.05, 0) is 56.7 Å². The van der Waals surface area contributed by atoms with Crippen LogP contribution < -0.4 is 4.74 Å². The number of para-hydroxylation sites is 1. The van der Waals surface area contributed by atoms with E-state index in [0.29, 0.717) is 28.3 Å². The lowest BCUT2D eigenvalue weighted by molar-refractivity contribution is 0.0473. The van der Waals surface area contributed by atoms with E-state index in [2.05, 4.69) is 4.98 Å². The fourth-order valence-corrected chi connectivity index (χ4v) is 3.15. The summed E-state index contributed by atoms with van der Waals surface area (Å²) in [4.78, 5) is 39.4. The zero-order valence-corrected chi connectivity index (χ0v) is 16.4. The fourth-order valence-electron chi connectivity index (χ4n) is 3.15. The molecule has 3 aromatic rings. The number of hydrogen-bond acceptors (Lipinski definition) is 5. The molecule has 6 heteroatoms. The van der Waals surface area contributed by atoms with Gasteiger partial charge in [-0.2, -0.15) is 0 Å². The minimum Gasteiger partial charge on any atom is -0.457 e. The first-order valence-corrected chi connectivity index (χ1v) is 9.10. The van der Waals surface area contributed by atoms with Crippen LogP contribution in [0.5, 0.6) is 11.5 Å². The summed E-state index contributed by atoms with van der Waals surface area (Å²) in [5.41, 5.74) is 2.23. The van der Waals surface area contributed by atoms with E-state index in [9.17, 15) is 14.4 Å². The van der Waals surface area contributed by atoms with Gasteiger partial charge in [0, 0.05) is 11.3 Å². The lowest BCUT2D eigenvalue weighted by Crippen LogP contribution is -2.15. The van der Waals surface area contributed by atoms with Crippen molar-refractivity contribution in [3.05, 3.63) is 82.7 Å². The number of carbonyl (C=O) groups excluding carboxylic acids is 3. The van der Waals surface area contributed by atoms with Crippen molar-refractivity contribution in [2.24, 2.45) is 0 Å². The molecule has 0 saturated heterocycles. The molecule has 0 aliphatic rings. The smallest absolute Gasteiger partial charge is 0.338 e. The fraction of sp³-hybridized carbons (Fsp3) is 0.174. The predicted octanol–water partition coefficient (Wildman–Crippen LogP) is 4.67. The summed E-state index contributed by atoms with van der Waals surface area (Å²) in [6, 6.07) is 15.7. The molecule has 6 nitrogen and oxygen atoms in total. The van der Waals surface area contributed by atoms with Crippen LogP contribution in [0.1, 0.15) is 49.4 Å². The molecule has 3 rings (SSSR count). The van der Waals surface area contributed by atoms with Crippen molar-refractivity contribution in [3.8, 4) is 11.5 Å². The molecule has 148 valence electrons. The topological polar surface area (TPSA) is 85.5 Å². The van der Waals surface area contributed by atoms with E-state index in [1.54, 1.807) is 50.2 Å². The van der Waals surface area contributed by atoms with Gasteiger partial charge in [-0.15, -0.1) is 0 Å². The highest BCUT2D eigenvalue weighted by atomic mass is 16.5. The van der Waals surface area contributed by atoms with E-state index < -0.39 is 18.4 Å². The van der Waals surface area contributed by atoms with E-state index in [4.69, 9.17) is 9.47 Å². The lowest BCUT2D eigenvalue weighted by Gasteiger charge is -2.08. The van der Waals surface area contributed by atoms with Crippen molar-refractivity contribution in [1.82, 2.24) is 4.98 Å². The second kappa shape index (κ2) is 8.56. The van der Waals surface area contributed by atoms with Crippen LogP contribution in [-0.4, -0.2) is 29.1 Å². The van der Waals surface area contributed by atoms with Crippen molar-refractivity contribution in [2.45, 2.75) is 20.8 Å². The van der Waals surface area contributed by atoms with E-state index in [1.165, 1.54) is 6.92 Å². The van der Waals surface area contributed by atoms with Crippen molar-refractivity contribution < 1.29 is 23.9 Å². The van der Waals surface area contributed by atoms with Crippen LogP contribution in [0.2, 0.25) is 0 Å². The second-order valence-corrected chi connectivity index (χ2v) is 6.62. The first-order chi connectivity index (χ1) is 13.9. The Labute approximate surface area is 168 Å². The van der Waals surface area contributed by atoms with Gasteiger partial charge in [-0.25, -0.2) is 4.79 Å². The van der Waals surface area contributed by atoms with E-state index in [1.807, 2.05) is 18.2 Å². The zero-order chi connectivity index (χ0) is 21.0. The summed E-state index contributed by atoms with van der Waals surface area (Å²) >= 11 is 0. The highest BCUT2D eigenvalue weighted by Gasteiger charge is 2.21. The Morgan fingerprint density at radius 1 is 0.931 bits per heavy atom. The molecule has 0 aliphatic heterocycles. The molecule has 0 aliphatic carbocycles. The molecule has 0 bridgehead atoms. The number of esters is 1. The van der Waals surface area contributed by atoms with Crippen molar-refractivity contribution >= 4 is 17.5 Å². The van der Waals surface area contributed by atoms with Gasteiger partial charge < -0.3 is 14.5 Å². The standard InChI is InChI=1S/C23H21NO5/c1-14-21(16(3)25)15(2)24-22(14)20(26)13-28-23(27)17-8-7-11-19(12-17)29-18-9-5-4-6-10-18/h4-12,24H,13H2,1-3H3. The van der Waals surface area contributed by atoms with Crippen LogP contribution in [0.25, 0.3) is 0 Å². The van der Waals surface area contributed by atoms with Gasteiger partial charge in [0.25, 0.3) is 0 Å². The van der Waals surface area contributed by atoms with Gasteiger partial charge >= 0.3 is 5.97 Å². The number of hydrogen-bond donors (Lipinski definition) is 1. The third-order valence-corrected chi connectivity index (χ3v) is 4.45. The quantitative estimate of drug-likeness (QED) is 0.467. The summed E-state index contributed by atoms with van der Waals surface area (Å²) in [7, 11) is 0. The summed E-state index contributed by atoms with van der Waals surface area (Å²) in [5.74, 6) is -0.0266. The molecule has 2 aromatic carbocycles. The summed E-state index contributed by atoms with van der Waals surface area (Å²) in [5, 5.41) is 0. The number of ketones is 2. The summed E-state index contributed by atoms with van der Waals surface area (Å²) < 4.78 is 10.9. The molecule has 1 aromatic heterocycles. The monoisotopic (exact) mass is 391 g/mol. The highest BCUT2D eigenvalue weighted by molar-refractivity contribution is 6.04. The van der Waals surface area contributed by atoms with Gasteiger partial charge in [0.15, 0.2) is 12.4 Å². The minimum atomic E-state index is -0.635. The lowest BCUT2D eigenvalue weighted by atomic mass is 10.1. The molecule has 29 heavy (non-hydrogen) atoms. The maximum atomic E-state index is 12.5. The number of aromatic amines is 1. The van der Waals surface area contributed by atoms with E-state index >= 15 is 0 Å². The van der Waals surface area contributed by atoms with Gasteiger partial charge in [0.1, 0.15) is 11.5 Å². The van der Waals surface area contributed by atoms with Crippen LogP contribution in [0.4, 0.5) is 0 Å². The van der Waals surface area contributed by atoms with Crippen LogP contribution in [0.15, 0.2) is 54.6 Å². The molecular formula is C23H21NO5. The molecule has 0 unspecified atom stereocenters. The van der Waals surface area contributed by atoms with Gasteiger partial charge in [-0.3, -0.25) is 9.59 Å². The number of aromatic nitrogens is 1. The summed E-state index contributed by atoms with van der Waals surface area (Å²) in [6.07, 6.45) is 0. The third-order valence-electron chi connectivity index (χ3n) is 4.45. The number of rotatable bonds is 7. The first-order valence-electron chi connectivity index (χ1n) is 9.10. The number of Topliss-reactive ketones (excluding diaryl/α,β-unsaturated/α-hetero) is 2. The Morgan fingerprint density at radius 3 is 2.28 bits per heavy atom. The van der Waals surface area contributed by atoms with Gasteiger partial charge in [0.05, 0.1) is 11.3 Å². The molecule has 0 atom stereocenters. The Hall–Kier alpha value is -3.67. The zero-order valence-electron chi connectivity index (χ0n) is 16.4. The molecule has 0 radical (unpaired) electrons. The van der Waals surface area contributed by atoms with Crippen LogP contribution in [0, 0.1) is 13.8 Å². The first kappa shape index (κ1) is 20.1. The van der Waals surface area contributed by atoms with Crippen LogP contribution in [-0.2, 0) is 4.74 Å². The maximum Gasteiger partial charge on any atom is 0.338 e. The number of ether oxygens (including phenoxy) is 2. The second-order valence-electron chi connectivity index (χ2n) is 6.62. The Kier molecular flexibility index (Phi) is 5.93. The Morgan fingerprint density at radius 2 is 1.62 bits per heavy atom. The highest BCUT2D eigenvalue weighted by Crippen LogP contribution is 2.22. The normalized spacial score (nSPS) is 10.4. The van der Waals surface area contributed by atoms with Crippen LogP contribution in [0.3, 0.4) is 0 Å². The average Bonchev–Trinajstić information content (AvgIpc) is 3.01. The van der Waals surface area contributed by atoms with Crippen LogP contribution >= 0.6 is 0 Å². The largest absolute Gasteiger partial charge is 0.457 e. The number of aryl methyl sites for hydroxylation is 1. The molecular weight excluding hydrogens is 370 g/mol. The minimum absolute atomic E-state index is 0.123. The SMILES string of the molecule is CC(=O)c1c(C)[nH]c(C(=O)COC(=O)c2cccc(Oc3ccccc3)c2)c1C. The van der Waals surface area contributed by atoms with Crippen molar-refractivity contribution in [3.63, 3.8) is 0 Å². The number of carbonyl (C=O) groups is 3. The van der Waals surface area contributed by atoms with Gasteiger partial charge in [0.2, 0.25) is 5.78 Å². The Balaban J connectivity index is 1.67. The molecule has 0 spiro atoms. The molecule has 1 heterocycles. The van der Waals surface area contributed by atoms with Gasteiger partial charge in [-0.1, -0.05) is 24.3 Å². The third kappa shape index (κ3) is 4.60. The molecule has 0 fully saturated rings. The average molecular weight is 391 g/mol. The number of nitrogens with one attached hydrogen (secondary N) is 1. The van der Waals surface area contributed by atoms with Crippen molar-refractivity contribution in [2.75, 3.05) is 6.61 Å². The number of benzene rings is 2. The predicted molar refractivity (Wildman–Crippen MR) is 108 cm³/mol. The molecule has 0 saturated carbocycles. The molecule has 0 amide bonds.